The summed E-state index contributed by atoms with van der Waals surface area (Å²) in [6.07, 6.45) is 1.32. The van der Waals surface area contributed by atoms with E-state index in [2.05, 4.69) is 9.72 Å². The van der Waals surface area contributed by atoms with Gasteiger partial charge in [0.15, 0.2) is 0 Å². The van der Waals surface area contributed by atoms with Gasteiger partial charge in [0.2, 0.25) is 0 Å². The maximum absolute atomic E-state index is 12.8. The second-order valence-electron chi connectivity index (χ2n) is 5.29. The lowest BCUT2D eigenvalue weighted by atomic mass is 10.1. The molecule has 0 saturated heterocycles. The van der Waals surface area contributed by atoms with E-state index < -0.39 is 16.9 Å². The van der Waals surface area contributed by atoms with Crippen LogP contribution in [0.3, 0.4) is 0 Å². The topological polar surface area (TPSA) is 104 Å². The summed E-state index contributed by atoms with van der Waals surface area (Å²) in [5.41, 5.74) is 0.897. The molecule has 0 aliphatic rings. The summed E-state index contributed by atoms with van der Waals surface area (Å²) < 4.78 is 5.90. The van der Waals surface area contributed by atoms with Crippen molar-refractivity contribution in [2.24, 2.45) is 0 Å². The van der Waals surface area contributed by atoms with Crippen molar-refractivity contribution in [1.82, 2.24) is 9.55 Å². The van der Waals surface area contributed by atoms with Crippen molar-refractivity contribution in [2.75, 3.05) is 7.11 Å². The second kappa shape index (κ2) is 6.44. The molecule has 8 nitrogen and oxygen atoms in total. The monoisotopic (exact) mass is 359 g/mol. The number of ether oxygens (including phenoxy) is 1. The van der Waals surface area contributed by atoms with Crippen LogP contribution in [-0.2, 0) is 9.53 Å². The smallest absolute Gasteiger partial charge is 0.328 e. The number of carbonyl (C=O) groups excluding carboxylic acids is 1. The molecule has 1 atom stereocenters. The van der Waals surface area contributed by atoms with E-state index in [0.29, 0.717) is 21.3 Å². The van der Waals surface area contributed by atoms with Crippen LogP contribution in [0.4, 0.5) is 5.69 Å². The molecule has 128 valence electrons. The summed E-state index contributed by atoms with van der Waals surface area (Å²) in [5.74, 6) is -0.546. The number of esters is 1. The molecule has 3 aromatic rings. The summed E-state index contributed by atoms with van der Waals surface area (Å²) in [4.78, 5) is 39.6. The van der Waals surface area contributed by atoms with Gasteiger partial charge in [0, 0.05) is 23.1 Å². The normalized spacial score (nSPS) is 12.1. The summed E-state index contributed by atoms with van der Waals surface area (Å²) >= 11 is 1.29. The SMILES string of the molecule is COC(=O)C(C)n1cnc2scc(-c3ccc([N+](=O)[O-])cc3)c2c1=O. The standard InChI is InChI=1S/C16H13N3O5S/c1-9(16(21)24-2)18-8-17-14-13(15(18)20)12(7-25-14)10-3-5-11(6-4-10)19(22)23/h3-9H,1-2H3. The Morgan fingerprint density at radius 3 is 2.64 bits per heavy atom. The number of nitro benzene ring substituents is 1. The van der Waals surface area contributed by atoms with E-state index >= 15 is 0 Å². The lowest BCUT2D eigenvalue weighted by molar-refractivity contribution is -0.384. The zero-order chi connectivity index (χ0) is 18.1. The third kappa shape index (κ3) is 2.89. The van der Waals surface area contributed by atoms with Crippen LogP contribution in [-0.4, -0.2) is 27.6 Å². The zero-order valence-corrected chi connectivity index (χ0v) is 14.1. The van der Waals surface area contributed by atoms with Crippen LogP contribution >= 0.6 is 11.3 Å². The maximum Gasteiger partial charge on any atom is 0.328 e. The van der Waals surface area contributed by atoms with Crippen LogP contribution in [0.2, 0.25) is 0 Å². The van der Waals surface area contributed by atoms with Gasteiger partial charge in [-0.15, -0.1) is 11.3 Å². The Hall–Kier alpha value is -3.07. The molecule has 0 fully saturated rings. The van der Waals surface area contributed by atoms with Crippen molar-refractivity contribution in [3.63, 3.8) is 0 Å². The van der Waals surface area contributed by atoms with Crippen molar-refractivity contribution in [1.29, 1.82) is 0 Å². The molecule has 2 aromatic heterocycles. The van der Waals surface area contributed by atoms with E-state index in [1.807, 2.05) is 0 Å². The molecule has 0 radical (unpaired) electrons. The first kappa shape index (κ1) is 16.8. The van der Waals surface area contributed by atoms with Crippen LogP contribution in [0.5, 0.6) is 0 Å². The molecule has 1 unspecified atom stereocenters. The Morgan fingerprint density at radius 1 is 1.36 bits per heavy atom. The second-order valence-corrected chi connectivity index (χ2v) is 6.15. The lowest BCUT2D eigenvalue weighted by Crippen LogP contribution is -2.29. The van der Waals surface area contributed by atoms with Crippen molar-refractivity contribution >= 4 is 33.2 Å². The molecule has 25 heavy (non-hydrogen) atoms. The minimum absolute atomic E-state index is 0.0295. The van der Waals surface area contributed by atoms with Gasteiger partial charge in [0.1, 0.15) is 10.9 Å². The van der Waals surface area contributed by atoms with Gasteiger partial charge in [-0.05, 0) is 24.6 Å². The van der Waals surface area contributed by atoms with Crippen LogP contribution in [0.1, 0.15) is 13.0 Å². The predicted molar refractivity (Wildman–Crippen MR) is 92.7 cm³/mol. The number of aromatic nitrogens is 2. The first-order valence-corrected chi connectivity index (χ1v) is 8.13. The average Bonchev–Trinajstić information content (AvgIpc) is 3.06. The van der Waals surface area contributed by atoms with Gasteiger partial charge in [-0.25, -0.2) is 9.78 Å². The van der Waals surface area contributed by atoms with Gasteiger partial charge < -0.3 is 4.74 Å². The maximum atomic E-state index is 12.8. The van der Waals surface area contributed by atoms with Crippen LogP contribution in [0.25, 0.3) is 21.3 Å². The molecule has 0 saturated carbocycles. The number of benzene rings is 1. The molecule has 9 heteroatoms. The Balaban J connectivity index is 2.16. The van der Waals surface area contributed by atoms with Gasteiger partial charge >= 0.3 is 5.97 Å². The minimum atomic E-state index is -0.806. The predicted octanol–water partition coefficient (Wildman–Crippen LogP) is 2.77. The lowest BCUT2D eigenvalue weighted by Gasteiger charge is -2.12. The van der Waals surface area contributed by atoms with Gasteiger partial charge in [0.25, 0.3) is 11.2 Å². The number of hydrogen-bond acceptors (Lipinski definition) is 7. The fourth-order valence-electron chi connectivity index (χ4n) is 2.48. The quantitative estimate of drug-likeness (QED) is 0.403. The number of thiophene rings is 1. The van der Waals surface area contributed by atoms with Crippen molar-refractivity contribution < 1.29 is 14.5 Å². The summed E-state index contributed by atoms with van der Waals surface area (Å²) in [5, 5.41) is 12.9. The molecule has 0 spiro atoms. The fraction of sp³-hybridized carbons (Fsp3) is 0.188. The third-order valence-corrected chi connectivity index (χ3v) is 4.75. The van der Waals surface area contributed by atoms with Crippen molar-refractivity contribution in [3.05, 3.63) is 56.4 Å². The van der Waals surface area contributed by atoms with E-state index in [-0.39, 0.29) is 11.2 Å². The molecule has 3 rings (SSSR count). The minimum Gasteiger partial charge on any atom is -0.467 e. The largest absolute Gasteiger partial charge is 0.467 e. The number of methoxy groups -OCH3 is 1. The number of hydrogen-bond donors (Lipinski definition) is 0. The number of fused-ring (bicyclic) bond motifs is 1. The highest BCUT2D eigenvalue weighted by Gasteiger charge is 2.20. The summed E-state index contributed by atoms with van der Waals surface area (Å²) in [7, 11) is 1.25. The molecule has 0 amide bonds. The Kier molecular flexibility index (Phi) is 4.32. The van der Waals surface area contributed by atoms with Crippen LogP contribution in [0.15, 0.2) is 40.8 Å². The van der Waals surface area contributed by atoms with Crippen LogP contribution in [0, 0.1) is 10.1 Å². The number of non-ortho nitro benzene ring substituents is 1. The number of carbonyl (C=O) groups is 1. The fourth-order valence-corrected chi connectivity index (χ4v) is 3.39. The molecule has 2 heterocycles. The summed E-state index contributed by atoms with van der Waals surface area (Å²) in [6, 6.07) is 5.12. The zero-order valence-electron chi connectivity index (χ0n) is 13.3. The number of nitrogens with zero attached hydrogens (tertiary/aromatic N) is 3. The molecular weight excluding hydrogens is 346 g/mol. The van der Waals surface area contributed by atoms with E-state index in [0.717, 1.165) is 0 Å². The highest BCUT2D eigenvalue weighted by atomic mass is 32.1. The van der Waals surface area contributed by atoms with Gasteiger partial charge in [0.05, 0.1) is 23.7 Å². The Morgan fingerprint density at radius 2 is 2.04 bits per heavy atom. The highest BCUT2D eigenvalue weighted by Crippen LogP contribution is 2.31. The Labute approximate surface area is 145 Å². The van der Waals surface area contributed by atoms with Crippen LogP contribution < -0.4 is 5.56 Å². The third-order valence-electron chi connectivity index (χ3n) is 3.87. The molecule has 0 N–H and O–H groups in total. The van der Waals surface area contributed by atoms with E-state index in [1.54, 1.807) is 24.4 Å². The van der Waals surface area contributed by atoms with Crippen molar-refractivity contribution in [3.8, 4) is 11.1 Å². The number of nitro groups is 1. The van der Waals surface area contributed by atoms with E-state index in [1.165, 1.54) is 41.5 Å². The van der Waals surface area contributed by atoms with E-state index in [4.69, 9.17) is 0 Å². The molecule has 1 aromatic carbocycles. The first-order valence-electron chi connectivity index (χ1n) is 7.25. The molecule has 0 bridgehead atoms. The highest BCUT2D eigenvalue weighted by molar-refractivity contribution is 7.17. The average molecular weight is 359 g/mol. The van der Waals surface area contributed by atoms with Gasteiger partial charge in [-0.3, -0.25) is 19.5 Å². The van der Waals surface area contributed by atoms with E-state index in [9.17, 15) is 19.7 Å². The summed E-state index contributed by atoms with van der Waals surface area (Å²) in [6.45, 7) is 1.55. The Bertz CT molecular complexity index is 1020. The van der Waals surface area contributed by atoms with Gasteiger partial charge in [-0.2, -0.15) is 0 Å². The van der Waals surface area contributed by atoms with Gasteiger partial charge in [-0.1, -0.05) is 0 Å². The molecular formula is C16H13N3O5S. The first-order chi connectivity index (χ1) is 11.9. The molecule has 0 aliphatic heterocycles. The van der Waals surface area contributed by atoms with Crippen molar-refractivity contribution in [2.45, 2.75) is 13.0 Å². The number of rotatable bonds is 4. The molecule has 0 aliphatic carbocycles.